The normalized spacial score (nSPS) is 11.9. The van der Waals surface area contributed by atoms with Crippen molar-refractivity contribution in [1.82, 2.24) is 24.3 Å². The Morgan fingerprint density at radius 3 is 2.92 bits per heavy atom. The molecule has 1 N–H and O–H groups in total. The summed E-state index contributed by atoms with van der Waals surface area (Å²) in [7, 11) is -3.64. The number of sulfonamides is 1. The van der Waals surface area contributed by atoms with Gasteiger partial charge in [-0.1, -0.05) is 0 Å². The van der Waals surface area contributed by atoms with Crippen molar-refractivity contribution in [1.29, 1.82) is 0 Å². The Kier molecular flexibility index (Phi) is 4.54. The highest BCUT2D eigenvalue weighted by Gasteiger charge is 2.14. The fraction of sp³-hybridized carbons (Fsp3) is 0.267. The van der Waals surface area contributed by atoms with Crippen molar-refractivity contribution in [2.45, 2.75) is 24.7 Å². The van der Waals surface area contributed by atoms with E-state index in [4.69, 9.17) is 0 Å². The minimum absolute atomic E-state index is 0.0621. The molecule has 0 radical (unpaired) electrons. The standard InChI is InChI=1S/C15H16FN5O2S/c1-11-7-13(4-5-14(11)16)24(22,23)20-6-2-3-12-8-17-15-18-10-19-21(15)9-12/h4-5,7-10,20H,2-3,6H2,1H3. The van der Waals surface area contributed by atoms with Crippen molar-refractivity contribution in [3.63, 3.8) is 0 Å². The molecule has 0 atom stereocenters. The topological polar surface area (TPSA) is 89.2 Å². The van der Waals surface area contributed by atoms with Crippen LogP contribution in [0.5, 0.6) is 0 Å². The van der Waals surface area contributed by atoms with E-state index in [-0.39, 0.29) is 11.4 Å². The van der Waals surface area contributed by atoms with Crippen LogP contribution in [0, 0.1) is 12.7 Å². The molecular formula is C15H16FN5O2S. The summed E-state index contributed by atoms with van der Waals surface area (Å²) in [5.74, 6) is 0.0936. The van der Waals surface area contributed by atoms with Gasteiger partial charge in [-0.3, -0.25) is 0 Å². The van der Waals surface area contributed by atoms with Gasteiger partial charge in [0.05, 0.1) is 4.90 Å². The van der Waals surface area contributed by atoms with E-state index >= 15 is 0 Å². The molecule has 9 heteroatoms. The highest BCUT2D eigenvalue weighted by atomic mass is 32.2. The number of halogens is 1. The first kappa shape index (κ1) is 16.5. The van der Waals surface area contributed by atoms with E-state index in [2.05, 4.69) is 19.8 Å². The van der Waals surface area contributed by atoms with Gasteiger partial charge in [0, 0.05) is 18.9 Å². The molecule has 2 aromatic heterocycles. The fourth-order valence-electron chi connectivity index (χ4n) is 2.25. The minimum atomic E-state index is -3.64. The summed E-state index contributed by atoms with van der Waals surface area (Å²) in [6.07, 6.45) is 6.18. The van der Waals surface area contributed by atoms with Gasteiger partial charge in [-0.15, -0.1) is 0 Å². The molecule has 0 bridgehead atoms. The molecule has 0 amide bonds. The smallest absolute Gasteiger partial charge is 0.219 e. The Labute approximate surface area is 138 Å². The Morgan fingerprint density at radius 2 is 2.12 bits per heavy atom. The van der Waals surface area contributed by atoms with E-state index in [0.29, 0.717) is 24.2 Å². The molecule has 0 saturated carbocycles. The Morgan fingerprint density at radius 1 is 1.29 bits per heavy atom. The Balaban J connectivity index is 1.57. The maximum absolute atomic E-state index is 13.2. The first-order valence-electron chi connectivity index (χ1n) is 7.36. The second-order valence-corrected chi connectivity index (χ2v) is 7.15. The number of benzene rings is 1. The number of rotatable bonds is 6. The summed E-state index contributed by atoms with van der Waals surface area (Å²) < 4.78 is 41.7. The lowest BCUT2D eigenvalue weighted by molar-refractivity contribution is 0.577. The van der Waals surface area contributed by atoms with Gasteiger partial charge >= 0.3 is 0 Å². The van der Waals surface area contributed by atoms with Gasteiger partial charge in [0.2, 0.25) is 10.0 Å². The van der Waals surface area contributed by atoms with Crippen LogP contribution in [0.25, 0.3) is 5.78 Å². The van der Waals surface area contributed by atoms with Gasteiger partial charge in [0.25, 0.3) is 5.78 Å². The molecule has 0 aliphatic carbocycles. The summed E-state index contributed by atoms with van der Waals surface area (Å²) in [6.45, 7) is 1.80. The molecule has 0 unspecified atom stereocenters. The fourth-order valence-corrected chi connectivity index (χ4v) is 3.41. The highest BCUT2D eigenvalue weighted by molar-refractivity contribution is 7.89. The zero-order chi connectivity index (χ0) is 17.2. The van der Waals surface area contributed by atoms with Gasteiger partial charge in [-0.25, -0.2) is 27.0 Å². The SMILES string of the molecule is Cc1cc(S(=O)(=O)NCCCc2cnc3ncnn3c2)ccc1F. The van der Waals surface area contributed by atoms with Crippen molar-refractivity contribution >= 4 is 15.8 Å². The van der Waals surface area contributed by atoms with Crippen molar-refractivity contribution in [3.05, 3.63) is 53.9 Å². The Bertz CT molecular complexity index is 971. The summed E-state index contributed by atoms with van der Waals surface area (Å²) in [4.78, 5) is 8.17. The molecule has 3 rings (SSSR count). The molecule has 0 saturated heterocycles. The number of aromatic nitrogens is 4. The lowest BCUT2D eigenvalue weighted by atomic mass is 10.2. The zero-order valence-electron chi connectivity index (χ0n) is 13.0. The predicted molar refractivity (Wildman–Crippen MR) is 85.4 cm³/mol. The summed E-state index contributed by atoms with van der Waals surface area (Å²) in [5, 5.41) is 4.00. The third kappa shape index (κ3) is 3.57. The van der Waals surface area contributed by atoms with Gasteiger partial charge in [-0.05, 0) is 49.1 Å². The van der Waals surface area contributed by atoms with E-state index in [1.165, 1.54) is 25.4 Å². The first-order chi connectivity index (χ1) is 11.5. The number of nitrogens with one attached hydrogen (secondary N) is 1. The summed E-state index contributed by atoms with van der Waals surface area (Å²) in [5.41, 5.74) is 1.23. The first-order valence-corrected chi connectivity index (χ1v) is 8.84. The van der Waals surface area contributed by atoms with Crippen LogP contribution >= 0.6 is 0 Å². The highest BCUT2D eigenvalue weighted by Crippen LogP contribution is 2.14. The van der Waals surface area contributed by atoms with Crippen molar-refractivity contribution in [2.75, 3.05) is 6.54 Å². The molecule has 24 heavy (non-hydrogen) atoms. The second kappa shape index (κ2) is 6.62. The minimum Gasteiger partial charge on any atom is -0.219 e. The van der Waals surface area contributed by atoms with Gasteiger partial charge < -0.3 is 0 Å². The van der Waals surface area contributed by atoms with Crippen LogP contribution in [0.1, 0.15) is 17.5 Å². The maximum Gasteiger partial charge on any atom is 0.252 e. The second-order valence-electron chi connectivity index (χ2n) is 5.38. The van der Waals surface area contributed by atoms with Crippen LogP contribution in [-0.4, -0.2) is 34.5 Å². The molecule has 2 heterocycles. The van der Waals surface area contributed by atoms with Crippen LogP contribution < -0.4 is 4.72 Å². The van der Waals surface area contributed by atoms with E-state index in [1.54, 1.807) is 10.7 Å². The number of aryl methyl sites for hydroxylation is 2. The molecule has 1 aromatic carbocycles. The molecule has 126 valence electrons. The monoisotopic (exact) mass is 349 g/mol. The quantitative estimate of drug-likeness (QED) is 0.681. The van der Waals surface area contributed by atoms with Gasteiger partial charge in [0.1, 0.15) is 12.1 Å². The van der Waals surface area contributed by atoms with Crippen molar-refractivity contribution in [3.8, 4) is 0 Å². The van der Waals surface area contributed by atoms with Gasteiger partial charge in [-0.2, -0.15) is 10.1 Å². The number of hydrogen-bond acceptors (Lipinski definition) is 5. The lowest BCUT2D eigenvalue weighted by Crippen LogP contribution is -2.25. The van der Waals surface area contributed by atoms with Crippen molar-refractivity contribution in [2.24, 2.45) is 0 Å². The van der Waals surface area contributed by atoms with Crippen LogP contribution in [0.15, 0.2) is 41.8 Å². The largest absolute Gasteiger partial charge is 0.252 e. The zero-order valence-corrected chi connectivity index (χ0v) is 13.8. The molecule has 0 aliphatic rings. The summed E-state index contributed by atoms with van der Waals surface area (Å²) in [6, 6.07) is 3.73. The molecular weight excluding hydrogens is 333 g/mol. The van der Waals surface area contributed by atoms with E-state index in [9.17, 15) is 12.8 Å². The number of nitrogens with zero attached hydrogens (tertiary/aromatic N) is 4. The molecule has 0 fully saturated rings. The van der Waals surface area contributed by atoms with E-state index < -0.39 is 15.8 Å². The van der Waals surface area contributed by atoms with Crippen LogP contribution in [0.3, 0.4) is 0 Å². The van der Waals surface area contributed by atoms with E-state index in [1.807, 2.05) is 6.20 Å². The Hall–Kier alpha value is -2.39. The molecule has 0 aliphatic heterocycles. The molecule has 3 aromatic rings. The molecule has 0 spiro atoms. The van der Waals surface area contributed by atoms with Crippen LogP contribution in [0.2, 0.25) is 0 Å². The lowest BCUT2D eigenvalue weighted by Gasteiger charge is -2.08. The summed E-state index contributed by atoms with van der Waals surface area (Å²) >= 11 is 0. The average Bonchev–Trinajstić information content (AvgIpc) is 3.02. The number of hydrogen-bond donors (Lipinski definition) is 1. The van der Waals surface area contributed by atoms with Crippen LogP contribution in [0.4, 0.5) is 4.39 Å². The predicted octanol–water partition coefficient (Wildman–Crippen LogP) is 1.48. The van der Waals surface area contributed by atoms with Gasteiger partial charge in [0.15, 0.2) is 0 Å². The van der Waals surface area contributed by atoms with Crippen molar-refractivity contribution < 1.29 is 12.8 Å². The number of fused-ring (bicyclic) bond motifs is 1. The third-order valence-electron chi connectivity index (χ3n) is 3.56. The third-order valence-corrected chi connectivity index (χ3v) is 5.02. The molecule has 7 nitrogen and oxygen atoms in total. The average molecular weight is 349 g/mol. The van der Waals surface area contributed by atoms with Crippen LogP contribution in [-0.2, 0) is 16.4 Å². The maximum atomic E-state index is 13.2. The van der Waals surface area contributed by atoms with E-state index in [0.717, 1.165) is 11.6 Å².